The summed E-state index contributed by atoms with van der Waals surface area (Å²) in [7, 11) is 0. The summed E-state index contributed by atoms with van der Waals surface area (Å²) >= 11 is 1.24. The monoisotopic (exact) mass is 353 g/mol. The fraction of sp³-hybridized carbons (Fsp3) is 0.211. The smallest absolute Gasteiger partial charge is 0.234 e. The molecule has 2 rings (SSSR count). The highest BCUT2D eigenvalue weighted by atomic mass is 32.2. The van der Waals surface area contributed by atoms with Crippen LogP contribution in [0.15, 0.2) is 42.5 Å². The van der Waals surface area contributed by atoms with Gasteiger partial charge in [-0.1, -0.05) is 23.8 Å². The minimum Gasteiger partial charge on any atom is -0.325 e. The van der Waals surface area contributed by atoms with Crippen molar-refractivity contribution in [2.75, 3.05) is 22.1 Å². The van der Waals surface area contributed by atoms with Crippen molar-refractivity contribution < 1.29 is 9.59 Å². The van der Waals surface area contributed by atoms with Crippen molar-refractivity contribution in [3.8, 4) is 6.07 Å². The van der Waals surface area contributed by atoms with Crippen LogP contribution in [-0.2, 0) is 9.59 Å². The molecular formula is C19H19N3O2S. The van der Waals surface area contributed by atoms with Gasteiger partial charge in [-0.15, -0.1) is 11.8 Å². The minimum absolute atomic E-state index is 0.142. The Kier molecular flexibility index (Phi) is 6.61. The van der Waals surface area contributed by atoms with Crippen molar-refractivity contribution in [1.29, 1.82) is 5.26 Å². The van der Waals surface area contributed by atoms with Crippen LogP contribution in [0.1, 0.15) is 16.7 Å². The number of rotatable bonds is 6. The van der Waals surface area contributed by atoms with Gasteiger partial charge in [0.25, 0.3) is 0 Å². The van der Waals surface area contributed by atoms with Gasteiger partial charge >= 0.3 is 0 Å². The van der Waals surface area contributed by atoms with E-state index in [1.54, 1.807) is 24.3 Å². The van der Waals surface area contributed by atoms with Crippen LogP contribution in [-0.4, -0.2) is 23.3 Å². The number of hydrogen-bond donors (Lipinski definition) is 2. The Labute approximate surface area is 151 Å². The molecule has 0 aliphatic rings. The van der Waals surface area contributed by atoms with Crippen LogP contribution in [0.2, 0.25) is 0 Å². The summed E-state index contributed by atoms with van der Waals surface area (Å²) in [6.45, 7) is 3.94. The van der Waals surface area contributed by atoms with Gasteiger partial charge in [0.2, 0.25) is 11.8 Å². The minimum atomic E-state index is -0.209. The SMILES string of the molecule is Cc1ccc(NC(=O)CSCC(=O)Nc2cccc(C#N)c2)c(C)c1. The average Bonchev–Trinajstić information content (AvgIpc) is 2.57. The second-order valence-electron chi connectivity index (χ2n) is 5.60. The Morgan fingerprint density at radius 2 is 1.76 bits per heavy atom. The molecular weight excluding hydrogens is 334 g/mol. The topological polar surface area (TPSA) is 82.0 Å². The largest absolute Gasteiger partial charge is 0.325 e. The van der Waals surface area contributed by atoms with Crippen molar-refractivity contribution in [3.63, 3.8) is 0 Å². The van der Waals surface area contributed by atoms with Crippen LogP contribution in [0.25, 0.3) is 0 Å². The molecule has 0 aromatic heterocycles. The van der Waals surface area contributed by atoms with E-state index in [2.05, 4.69) is 10.6 Å². The number of aryl methyl sites for hydroxylation is 2. The number of anilines is 2. The lowest BCUT2D eigenvalue weighted by Gasteiger charge is -2.09. The molecule has 0 spiro atoms. The first-order valence-corrected chi connectivity index (χ1v) is 8.88. The lowest BCUT2D eigenvalue weighted by molar-refractivity contribution is -0.114. The molecule has 0 unspecified atom stereocenters. The van der Waals surface area contributed by atoms with Crippen LogP contribution >= 0.6 is 11.8 Å². The molecule has 0 atom stereocenters. The van der Waals surface area contributed by atoms with E-state index in [1.807, 2.05) is 38.1 Å². The van der Waals surface area contributed by atoms with Crippen LogP contribution in [0.3, 0.4) is 0 Å². The molecule has 2 amide bonds. The average molecular weight is 353 g/mol. The Morgan fingerprint density at radius 1 is 1.04 bits per heavy atom. The third-order valence-corrected chi connectivity index (χ3v) is 4.33. The van der Waals surface area contributed by atoms with Gasteiger partial charge in [0, 0.05) is 11.4 Å². The zero-order valence-corrected chi connectivity index (χ0v) is 14.9. The first kappa shape index (κ1) is 18.6. The van der Waals surface area contributed by atoms with Gasteiger partial charge in [0.15, 0.2) is 0 Å². The number of nitriles is 1. The highest BCUT2D eigenvalue weighted by Crippen LogP contribution is 2.16. The summed E-state index contributed by atoms with van der Waals surface area (Å²) in [4.78, 5) is 23.9. The van der Waals surface area contributed by atoms with Crippen molar-refractivity contribution in [3.05, 3.63) is 59.2 Å². The van der Waals surface area contributed by atoms with Crippen LogP contribution < -0.4 is 10.6 Å². The van der Waals surface area contributed by atoms with Crippen LogP contribution in [0.4, 0.5) is 11.4 Å². The van der Waals surface area contributed by atoms with E-state index in [0.29, 0.717) is 11.3 Å². The number of hydrogen-bond acceptors (Lipinski definition) is 4. The fourth-order valence-corrected chi connectivity index (χ4v) is 2.86. The Balaban J connectivity index is 1.76. The molecule has 0 saturated carbocycles. The number of nitrogens with one attached hydrogen (secondary N) is 2. The molecule has 0 aliphatic carbocycles. The first-order valence-electron chi connectivity index (χ1n) is 7.73. The van der Waals surface area contributed by atoms with E-state index in [0.717, 1.165) is 16.8 Å². The van der Waals surface area contributed by atoms with Crippen LogP contribution in [0, 0.1) is 25.2 Å². The highest BCUT2D eigenvalue weighted by Gasteiger charge is 2.08. The van der Waals surface area contributed by atoms with Crippen molar-refractivity contribution >= 4 is 35.0 Å². The highest BCUT2D eigenvalue weighted by molar-refractivity contribution is 8.00. The normalized spacial score (nSPS) is 9.96. The van der Waals surface area contributed by atoms with E-state index in [1.165, 1.54) is 11.8 Å². The molecule has 0 heterocycles. The summed E-state index contributed by atoms with van der Waals surface area (Å²) in [6, 6.07) is 14.5. The second kappa shape index (κ2) is 8.90. The Bertz CT molecular complexity index is 828. The number of nitrogens with zero attached hydrogens (tertiary/aromatic N) is 1. The van der Waals surface area contributed by atoms with Crippen LogP contribution in [0.5, 0.6) is 0 Å². The van der Waals surface area contributed by atoms with E-state index >= 15 is 0 Å². The summed E-state index contributed by atoms with van der Waals surface area (Å²) in [5, 5.41) is 14.4. The van der Waals surface area contributed by atoms with Gasteiger partial charge in [-0.05, 0) is 43.7 Å². The molecule has 2 aromatic carbocycles. The summed E-state index contributed by atoms with van der Waals surface area (Å²) in [6.07, 6.45) is 0. The van der Waals surface area contributed by atoms with Crippen molar-refractivity contribution in [2.45, 2.75) is 13.8 Å². The van der Waals surface area contributed by atoms with E-state index < -0.39 is 0 Å². The molecule has 0 radical (unpaired) electrons. The van der Waals surface area contributed by atoms with Gasteiger partial charge < -0.3 is 10.6 Å². The number of thioether (sulfide) groups is 1. The second-order valence-corrected chi connectivity index (χ2v) is 6.59. The molecule has 0 fully saturated rings. The Morgan fingerprint density at radius 3 is 2.44 bits per heavy atom. The lowest BCUT2D eigenvalue weighted by Crippen LogP contribution is -2.18. The molecule has 5 nitrogen and oxygen atoms in total. The van der Waals surface area contributed by atoms with Gasteiger partial charge in [-0.2, -0.15) is 5.26 Å². The zero-order valence-electron chi connectivity index (χ0n) is 14.1. The lowest BCUT2D eigenvalue weighted by atomic mass is 10.1. The van der Waals surface area contributed by atoms with Gasteiger partial charge in [-0.3, -0.25) is 9.59 Å². The third kappa shape index (κ3) is 5.98. The molecule has 2 N–H and O–H groups in total. The van der Waals surface area contributed by atoms with Crippen molar-refractivity contribution in [2.24, 2.45) is 0 Å². The summed E-state index contributed by atoms with van der Waals surface area (Å²) in [5.41, 5.74) is 3.99. The number of carbonyl (C=O) groups excluding carboxylic acids is 2. The van der Waals surface area contributed by atoms with Gasteiger partial charge in [-0.25, -0.2) is 0 Å². The number of amides is 2. The van der Waals surface area contributed by atoms with E-state index in [4.69, 9.17) is 5.26 Å². The number of benzene rings is 2. The van der Waals surface area contributed by atoms with Gasteiger partial charge in [0.1, 0.15) is 0 Å². The maximum Gasteiger partial charge on any atom is 0.234 e. The molecule has 6 heteroatoms. The Hall–Kier alpha value is -2.78. The first-order chi connectivity index (χ1) is 12.0. The molecule has 25 heavy (non-hydrogen) atoms. The molecule has 128 valence electrons. The zero-order chi connectivity index (χ0) is 18.2. The van der Waals surface area contributed by atoms with Gasteiger partial charge in [0.05, 0.1) is 23.1 Å². The number of carbonyl (C=O) groups is 2. The predicted molar refractivity (Wildman–Crippen MR) is 102 cm³/mol. The fourth-order valence-electron chi connectivity index (χ4n) is 2.24. The van der Waals surface area contributed by atoms with E-state index in [9.17, 15) is 9.59 Å². The summed E-state index contributed by atoms with van der Waals surface area (Å²) < 4.78 is 0. The standard InChI is InChI=1S/C19H19N3O2S/c1-13-6-7-17(14(2)8-13)22-19(24)12-25-11-18(23)21-16-5-3-4-15(9-16)10-20/h3-9H,11-12H2,1-2H3,(H,21,23)(H,22,24). The summed E-state index contributed by atoms with van der Waals surface area (Å²) in [5.74, 6) is 0.00593. The quantitative estimate of drug-likeness (QED) is 0.833. The predicted octanol–water partition coefficient (Wildman–Crippen LogP) is 3.49. The molecule has 0 bridgehead atoms. The van der Waals surface area contributed by atoms with Crippen molar-refractivity contribution in [1.82, 2.24) is 0 Å². The maximum atomic E-state index is 12.0. The maximum absolute atomic E-state index is 12.0. The third-order valence-electron chi connectivity index (χ3n) is 3.40. The van der Waals surface area contributed by atoms with E-state index in [-0.39, 0.29) is 23.3 Å². The molecule has 0 saturated heterocycles. The molecule has 0 aliphatic heterocycles. The molecule has 2 aromatic rings.